The van der Waals surface area contributed by atoms with Crippen molar-refractivity contribution in [1.29, 1.82) is 0 Å². The summed E-state index contributed by atoms with van der Waals surface area (Å²) in [6, 6.07) is 8.34. The molecular weight excluding hydrogens is 242 g/mol. The number of aromatic nitrogens is 1. The summed E-state index contributed by atoms with van der Waals surface area (Å²) in [5.74, 6) is 0.0422. The maximum atomic E-state index is 11.8. The molecule has 0 spiro atoms. The zero-order chi connectivity index (χ0) is 13.8. The van der Waals surface area contributed by atoms with E-state index in [1.54, 1.807) is 37.3 Å². The highest BCUT2D eigenvalue weighted by Crippen LogP contribution is 2.20. The normalized spacial score (nSPS) is 10.2. The van der Waals surface area contributed by atoms with Crippen LogP contribution in [0.3, 0.4) is 0 Å². The van der Waals surface area contributed by atoms with Gasteiger partial charge < -0.3 is 16.2 Å². The highest BCUT2D eigenvalue weighted by Gasteiger charge is 2.06. The summed E-state index contributed by atoms with van der Waals surface area (Å²) in [7, 11) is 0. The molecule has 0 saturated heterocycles. The van der Waals surface area contributed by atoms with Crippen LogP contribution in [0.15, 0.2) is 36.5 Å². The molecule has 5 heteroatoms. The molecule has 2 rings (SSSR count). The van der Waals surface area contributed by atoms with Gasteiger partial charge in [-0.3, -0.25) is 9.78 Å². The van der Waals surface area contributed by atoms with Crippen molar-refractivity contribution in [2.24, 2.45) is 0 Å². The van der Waals surface area contributed by atoms with Gasteiger partial charge in [0.05, 0.1) is 18.3 Å². The number of hydrogen-bond acceptors (Lipinski definition) is 4. The third-order valence-electron chi connectivity index (χ3n) is 2.67. The second-order valence-corrected chi connectivity index (χ2v) is 4.31. The lowest BCUT2D eigenvalue weighted by molar-refractivity contribution is -0.115. The molecule has 0 bridgehead atoms. The van der Waals surface area contributed by atoms with Gasteiger partial charge in [0.25, 0.3) is 0 Å². The number of pyridine rings is 1. The van der Waals surface area contributed by atoms with E-state index in [0.717, 1.165) is 0 Å². The van der Waals surface area contributed by atoms with Crippen LogP contribution in [0, 0.1) is 6.92 Å². The van der Waals surface area contributed by atoms with Gasteiger partial charge in [-0.15, -0.1) is 0 Å². The van der Waals surface area contributed by atoms with E-state index in [2.05, 4.69) is 10.3 Å². The van der Waals surface area contributed by atoms with E-state index in [0.29, 0.717) is 22.6 Å². The summed E-state index contributed by atoms with van der Waals surface area (Å²) < 4.78 is 0. The van der Waals surface area contributed by atoms with Gasteiger partial charge in [-0.25, -0.2) is 0 Å². The number of phenols is 1. The van der Waals surface area contributed by atoms with Crippen molar-refractivity contribution in [3.8, 4) is 5.75 Å². The molecule has 2 aromatic rings. The Bertz CT molecular complexity index is 594. The molecule has 0 saturated carbocycles. The van der Waals surface area contributed by atoms with Crippen LogP contribution in [0.4, 0.5) is 11.4 Å². The highest BCUT2D eigenvalue weighted by molar-refractivity contribution is 5.92. The fourth-order valence-corrected chi connectivity index (χ4v) is 1.64. The maximum absolute atomic E-state index is 11.8. The van der Waals surface area contributed by atoms with Crippen LogP contribution < -0.4 is 11.1 Å². The standard InChI is InChI=1S/C14H15N3O2/c1-9-6-12(4-5-13(9)18)17-14(19)7-11-3-2-10(15)8-16-11/h2-6,8,18H,7,15H2,1H3,(H,17,19). The summed E-state index contributed by atoms with van der Waals surface area (Å²) in [6.07, 6.45) is 1.70. The molecule has 19 heavy (non-hydrogen) atoms. The monoisotopic (exact) mass is 257 g/mol. The lowest BCUT2D eigenvalue weighted by Gasteiger charge is -2.07. The van der Waals surface area contributed by atoms with Crippen LogP contribution >= 0.6 is 0 Å². The Labute approximate surface area is 111 Å². The molecule has 4 N–H and O–H groups in total. The zero-order valence-corrected chi connectivity index (χ0v) is 10.6. The Morgan fingerprint density at radius 1 is 1.37 bits per heavy atom. The molecule has 1 amide bonds. The Morgan fingerprint density at radius 3 is 2.79 bits per heavy atom. The number of aryl methyl sites for hydroxylation is 1. The van der Waals surface area contributed by atoms with Gasteiger partial charge in [0.2, 0.25) is 5.91 Å². The first-order chi connectivity index (χ1) is 9.04. The summed E-state index contributed by atoms with van der Waals surface area (Å²) in [5.41, 5.74) is 8.11. The molecule has 0 aliphatic carbocycles. The number of hydrogen-bond donors (Lipinski definition) is 3. The van der Waals surface area contributed by atoms with E-state index < -0.39 is 0 Å². The lowest BCUT2D eigenvalue weighted by atomic mass is 10.2. The van der Waals surface area contributed by atoms with Crippen molar-refractivity contribution in [2.45, 2.75) is 13.3 Å². The molecule has 98 valence electrons. The number of benzene rings is 1. The molecule has 0 atom stereocenters. The van der Waals surface area contributed by atoms with E-state index >= 15 is 0 Å². The first kappa shape index (κ1) is 12.9. The fraction of sp³-hybridized carbons (Fsp3) is 0.143. The molecule has 0 aliphatic rings. The van der Waals surface area contributed by atoms with Gasteiger partial charge in [0, 0.05) is 11.4 Å². The summed E-state index contributed by atoms with van der Waals surface area (Å²) in [6.45, 7) is 1.77. The van der Waals surface area contributed by atoms with Gasteiger partial charge in [-0.2, -0.15) is 0 Å². The van der Waals surface area contributed by atoms with Crippen LogP contribution in [0.25, 0.3) is 0 Å². The number of aromatic hydroxyl groups is 1. The molecule has 1 aromatic heterocycles. The van der Waals surface area contributed by atoms with Crippen molar-refractivity contribution in [3.63, 3.8) is 0 Å². The Balaban J connectivity index is 2.01. The molecule has 5 nitrogen and oxygen atoms in total. The van der Waals surface area contributed by atoms with Crippen molar-refractivity contribution < 1.29 is 9.90 Å². The number of nitrogen functional groups attached to an aromatic ring is 1. The van der Waals surface area contributed by atoms with E-state index in [1.807, 2.05) is 0 Å². The Hall–Kier alpha value is -2.56. The highest BCUT2D eigenvalue weighted by atomic mass is 16.3. The average Bonchev–Trinajstić information content (AvgIpc) is 2.37. The van der Waals surface area contributed by atoms with Gasteiger partial charge in [0.1, 0.15) is 5.75 Å². The number of carbonyl (C=O) groups excluding carboxylic acids is 1. The van der Waals surface area contributed by atoms with E-state index in [1.165, 1.54) is 6.20 Å². The molecule has 0 aliphatic heterocycles. The number of carbonyl (C=O) groups is 1. The van der Waals surface area contributed by atoms with E-state index in [9.17, 15) is 9.90 Å². The van der Waals surface area contributed by atoms with Crippen LogP contribution in [0.1, 0.15) is 11.3 Å². The van der Waals surface area contributed by atoms with Crippen molar-refractivity contribution in [3.05, 3.63) is 47.8 Å². The molecule has 1 heterocycles. The average molecular weight is 257 g/mol. The fourth-order valence-electron chi connectivity index (χ4n) is 1.64. The second-order valence-electron chi connectivity index (χ2n) is 4.31. The SMILES string of the molecule is Cc1cc(NC(=O)Cc2ccc(N)cn2)ccc1O. The van der Waals surface area contributed by atoms with Crippen LogP contribution in [-0.4, -0.2) is 16.0 Å². The minimum Gasteiger partial charge on any atom is -0.508 e. The number of phenolic OH excluding ortho intramolecular Hbond substituents is 1. The predicted molar refractivity (Wildman–Crippen MR) is 73.8 cm³/mol. The third-order valence-corrected chi connectivity index (χ3v) is 2.67. The van der Waals surface area contributed by atoms with Crippen LogP contribution in [0.2, 0.25) is 0 Å². The smallest absolute Gasteiger partial charge is 0.230 e. The molecule has 0 fully saturated rings. The summed E-state index contributed by atoms with van der Waals surface area (Å²) in [5, 5.41) is 12.2. The van der Waals surface area contributed by atoms with E-state index in [4.69, 9.17) is 5.73 Å². The number of nitrogens with zero attached hydrogens (tertiary/aromatic N) is 1. The lowest BCUT2D eigenvalue weighted by Crippen LogP contribution is -2.15. The number of nitrogens with one attached hydrogen (secondary N) is 1. The van der Waals surface area contributed by atoms with Crippen molar-refractivity contribution >= 4 is 17.3 Å². The quantitative estimate of drug-likeness (QED) is 0.732. The number of amides is 1. The Kier molecular flexibility index (Phi) is 3.66. The third kappa shape index (κ3) is 3.45. The Morgan fingerprint density at radius 2 is 2.16 bits per heavy atom. The van der Waals surface area contributed by atoms with Crippen LogP contribution in [0.5, 0.6) is 5.75 Å². The topological polar surface area (TPSA) is 88.2 Å². The number of rotatable bonds is 3. The first-order valence-corrected chi connectivity index (χ1v) is 5.84. The second kappa shape index (κ2) is 5.39. The summed E-state index contributed by atoms with van der Waals surface area (Å²) in [4.78, 5) is 15.9. The number of nitrogens with two attached hydrogens (primary N) is 1. The minimum atomic E-state index is -0.164. The van der Waals surface area contributed by atoms with Gasteiger partial charge in [-0.05, 0) is 42.8 Å². The summed E-state index contributed by atoms with van der Waals surface area (Å²) >= 11 is 0. The molecule has 0 unspecified atom stereocenters. The largest absolute Gasteiger partial charge is 0.508 e. The minimum absolute atomic E-state index is 0.164. The molecule has 1 aromatic carbocycles. The number of anilines is 2. The maximum Gasteiger partial charge on any atom is 0.230 e. The predicted octanol–water partition coefficient (Wildman–Crippen LogP) is 1.86. The van der Waals surface area contributed by atoms with Gasteiger partial charge >= 0.3 is 0 Å². The van der Waals surface area contributed by atoms with Crippen molar-refractivity contribution in [1.82, 2.24) is 4.98 Å². The first-order valence-electron chi connectivity index (χ1n) is 5.84. The molecule has 0 radical (unpaired) electrons. The van der Waals surface area contributed by atoms with Crippen LogP contribution in [-0.2, 0) is 11.2 Å². The zero-order valence-electron chi connectivity index (χ0n) is 10.6. The molecular formula is C14H15N3O2. The van der Waals surface area contributed by atoms with Gasteiger partial charge in [-0.1, -0.05) is 0 Å². The van der Waals surface area contributed by atoms with Crippen molar-refractivity contribution in [2.75, 3.05) is 11.1 Å². The van der Waals surface area contributed by atoms with Gasteiger partial charge in [0.15, 0.2) is 0 Å². The van der Waals surface area contributed by atoms with E-state index in [-0.39, 0.29) is 18.1 Å².